The van der Waals surface area contributed by atoms with Gasteiger partial charge in [0.05, 0.1) is 16.6 Å². The fourth-order valence-electron chi connectivity index (χ4n) is 4.52. The fraction of sp³-hybridized carbons (Fsp3) is 0.696. The largest absolute Gasteiger partial charge is 0.460 e. The maximum absolute atomic E-state index is 13.1. The summed E-state index contributed by atoms with van der Waals surface area (Å²) in [6.45, 7) is 8.48. The number of rotatable bonds is 9. The number of carbonyl (C=O) groups is 1. The lowest BCUT2D eigenvalue weighted by Gasteiger charge is -2.32. The number of hydrogen-bond donors (Lipinski definition) is 0. The zero-order chi connectivity index (χ0) is 22.5. The molecule has 1 saturated carbocycles. The zero-order valence-corrected chi connectivity index (χ0v) is 19.2. The minimum atomic E-state index is -0.580. The number of esters is 1. The molecule has 0 N–H and O–H groups in total. The predicted molar refractivity (Wildman–Crippen MR) is 120 cm³/mol. The summed E-state index contributed by atoms with van der Waals surface area (Å²) in [6, 6.07) is 9.56. The number of benzene rings is 1. The lowest BCUT2D eigenvalue weighted by Crippen LogP contribution is -2.41. The Labute approximate surface area is 185 Å². The maximum atomic E-state index is 13.1. The van der Waals surface area contributed by atoms with Gasteiger partial charge in [0.25, 0.3) is 0 Å². The van der Waals surface area contributed by atoms with E-state index in [0.717, 1.165) is 37.6 Å². The maximum Gasteiger partial charge on any atom is 0.457 e. The van der Waals surface area contributed by atoms with E-state index in [2.05, 4.69) is 37.7 Å². The number of carbonyl (C=O) groups excluding carboxylic acids is 1. The molecular formula is C23H34BN3O4. The van der Waals surface area contributed by atoms with Crippen molar-refractivity contribution >= 4 is 13.1 Å². The van der Waals surface area contributed by atoms with Crippen LogP contribution in [0.25, 0.3) is 10.4 Å². The Morgan fingerprint density at radius 2 is 1.87 bits per heavy atom. The highest BCUT2D eigenvalue weighted by molar-refractivity contribution is 6.45. The summed E-state index contributed by atoms with van der Waals surface area (Å²) in [5, 5.41) is 3.88. The van der Waals surface area contributed by atoms with Crippen molar-refractivity contribution in [2.24, 2.45) is 10.5 Å². The quantitative estimate of drug-likeness (QED) is 0.124. The van der Waals surface area contributed by atoms with Crippen LogP contribution in [0.2, 0.25) is 6.32 Å². The average molecular weight is 427 g/mol. The molecule has 31 heavy (non-hydrogen) atoms. The van der Waals surface area contributed by atoms with Crippen molar-refractivity contribution in [2.75, 3.05) is 0 Å². The van der Waals surface area contributed by atoms with E-state index in [0.29, 0.717) is 12.8 Å². The first kappa shape index (κ1) is 23.6. The van der Waals surface area contributed by atoms with Gasteiger partial charge in [0, 0.05) is 11.0 Å². The Hall–Kier alpha value is -2.02. The Balaban J connectivity index is 1.55. The third-order valence-corrected chi connectivity index (χ3v) is 7.09. The number of hydrogen-bond acceptors (Lipinski definition) is 5. The molecule has 0 spiro atoms. The molecule has 1 unspecified atom stereocenters. The van der Waals surface area contributed by atoms with E-state index >= 15 is 0 Å². The van der Waals surface area contributed by atoms with Gasteiger partial charge in [0.15, 0.2) is 0 Å². The van der Waals surface area contributed by atoms with Crippen LogP contribution >= 0.6 is 0 Å². The molecule has 8 heteroatoms. The number of azide groups is 1. The van der Waals surface area contributed by atoms with Crippen molar-refractivity contribution in [3.63, 3.8) is 0 Å². The Morgan fingerprint density at radius 3 is 2.52 bits per heavy atom. The van der Waals surface area contributed by atoms with Crippen molar-refractivity contribution in [3.05, 3.63) is 46.3 Å². The van der Waals surface area contributed by atoms with Gasteiger partial charge in [-0.15, -0.1) is 0 Å². The molecule has 1 saturated heterocycles. The molecule has 0 amide bonds. The van der Waals surface area contributed by atoms with E-state index in [1.165, 1.54) is 0 Å². The topological polar surface area (TPSA) is 93.5 Å². The van der Waals surface area contributed by atoms with Gasteiger partial charge in [-0.2, -0.15) is 0 Å². The number of nitrogens with zero attached hydrogens (tertiary/aromatic N) is 3. The standard InChI is InChI=1S/C23H34BN3O4/c1-21(2)22(3,4)31-24(30-21)15-9-8-13-23(14-12-19(16-23)26-27-25)20(28)29-17-18-10-6-5-7-11-18/h5-7,10-11,19H,8-9,12-17H2,1-4H3/t19-,23?/m1/s1. The molecule has 1 aromatic rings. The van der Waals surface area contributed by atoms with Crippen LogP contribution in [0.3, 0.4) is 0 Å². The highest BCUT2D eigenvalue weighted by Crippen LogP contribution is 2.45. The van der Waals surface area contributed by atoms with Crippen LogP contribution in [-0.2, 0) is 25.4 Å². The fourth-order valence-corrected chi connectivity index (χ4v) is 4.52. The molecule has 0 aromatic heterocycles. The second-order valence-electron chi connectivity index (χ2n) is 9.88. The molecule has 2 fully saturated rings. The first-order valence-electron chi connectivity index (χ1n) is 11.3. The van der Waals surface area contributed by atoms with Crippen LogP contribution in [0.1, 0.15) is 71.8 Å². The second kappa shape index (κ2) is 9.64. The van der Waals surface area contributed by atoms with Crippen molar-refractivity contribution < 1.29 is 18.8 Å². The van der Waals surface area contributed by atoms with Crippen molar-refractivity contribution in [1.29, 1.82) is 0 Å². The van der Waals surface area contributed by atoms with Gasteiger partial charge < -0.3 is 14.0 Å². The molecular weight excluding hydrogens is 393 g/mol. The number of ether oxygens (including phenoxy) is 1. The lowest BCUT2D eigenvalue weighted by molar-refractivity contribution is -0.157. The van der Waals surface area contributed by atoms with Gasteiger partial charge in [-0.25, -0.2) is 0 Å². The molecule has 1 aliphatic heterocycles. The smallest absolute Gasteiger partial charge is 0.457 e. The number of unbranched alkanes of at least 4 members (excludes halogenated alkanes) is 1. The van der Waals surface area contributed by atoms with E-state index in [9.17, 15) is 4.79 Å². The van der Waals surface area contributed by atoms with Crippen LogP contribution < -0.4 is 0 Å². The SMILES string of the molecule is CC1(C)OB(CCCCC2(C(=O)OCc3ccccc3)CC[C@@H](N=[N+]=[N-])C2)OC1(C)C. The van der Waals surface area contributed by atoms with Crippen LogP contribution in [0.4, 0.5) is 0 Å². The zero-order valence-electron chi connectivity index (χ0n) is 19.2. The molecule has 1 heterocycles. The molecule has 2 aliphatic rings. The summed E-state index contributed by atoms with van der Waals surface area (Å²) >= 11 is 0. The normalized spacial score (nSPS) is 26.5. The van der Waals surface area contributed by atoms with Crippen LogP contribution in [-0.4, -0.2) is 30.3 Å². The summed E-state index contributed by atoms with van der Waals surface area (Å²) in [5.41, 5.74) is 8.56. The van der Waals surface area contributed by atoms with Crippen LogP contribution in [0.15, 0.2) is 35.4 Å². The van der Waals surface area contributed by atoms with E-state index in [-0.39, 0.29) is 36.9 Å². The first-order valence-corrected chi connectivity index (χ1v) is 11.3. The summed E-state index contributed by atoms with van der Waals surface area (Å²) in [7, 11) is -0.217. The second-order valence-corrected chi connectivity index (χ2v) is 9.88. The van der Waals surface area contributed by atoms with E-state index in [4.69, 9.17) is 19.6 Å². The highest BCUT2D eigenvalue weighted by Gasteiger charge is 2.51. The van der Waals surface area contributed by atoms with Gasteiger partial charge in [0.1, 0.15) is 6.61 Å². The van der Waals surface area contributed by atoms with Crippen molar-refractivity contribution in [1.82, 2.24) is 0 Å². The summed E-state index contributed by atoms with van der Waals surface area (Å²) < 4.78 is 17.9. The molecule has 2 atom stereocenters. The van der Waals surface area contributed by atoms with Crippen LogP contribution in [0.5, 0.6) is 0 Å². The Morgan fingerprint density at radius 1 is 1.19 bits per heavy atom. The summed E-state index contributed by atoms with van der Waals surface area (Å²) in [6.07, 6.45) is 5.26. The van der Waals surface area contributed by atoms with Gasteiger partial charge in [-0.05, 0) is 70.8 Å². The van der Waals surface area contributed by atoms with Crippen LogP contribution in [0, 0.1) is 5.41 Å². The van der Waals surface area contributed by atoms with Crippen molar-refractivity contribution in [2.45, 2.75) is 96.4 Å². The van der Waals surface area contributed by atoms with E-state index in [1.54, 1.807) is 0 Å². The molecule has 168 valence electrons. The molecule has 3 rings (SSSR count). The molecule has 7 nitrogen and oxygen atoms in total. The molecule has 0 radical (unpaired) electrons. The first-order chi connectivity index (χ1) is 14.7. The average Bonchev–Trinajstić information content (AvgIpc) is 3.22. The molecule has 1 aromatic carbocycles. The minimum Gasteiger partial charge on any atom is -0.460 e. The third kappa shape index (κ3) is 5.62. The summed E-state index contributed by atoms with van der Waals surface area (Å²) in [4.78, 5) is 16.1. The molecule has 1 aliphatic carbocycles. The monoisotopic (exact) mass is 427 g/mol. The molecule has 0 bridgehead atoms. The van der Waals surface area contributed by atoms with E-state index < -0.39 is 5.41 Å². The minimum absolute atomic E-state index is 0.141. The predicted octanol–water partition coefficient (Wildman–Crippen LogP) is 5.84. The Kier molecular flexibility index (Phi) is 7.35. The van der Waals surface area contributed by atoms with Gasteiger partial charge >= 0.3 is 13.1 Å². The lowest BCUT2D eigenvalue weighted by atomic mass is 9.77. The third-order valence-electron chi connectivity index (χ3n) is 7.09. The van der Waals surface area contributed by atoms with Gasteiger partial charge in [-0.3, -0.25) is 4.79 Å². The van der Waals surface area contributed by atoms with E-state index in [1.807, 2.05) is 30.3 Å². The summed E-state index contributed by atoms with van der Waals surface area (Å²) in [5.74, 6) is -0.178. The van der Waals surface area contributed by atoms with Gasteiger partial charge in [0.2, 0.25) is 0 Å². The highest BCUT2D eigenvalue weighted by atomic mass is 16.7. The van der Waals surface area contributed by atoms with Gasteiger partial charge in [-0.1, -0.05) is 48.3 Å². The van der Waals surface area contributed by atoms with Crippen molar-refractivity contribution in [3.8, 4) is 0 Å². The Bertz CT molecular complexity index is 794.